The van der Waals surface area contributed by atoms with Gasteiger partial charge in [-0.1, -0.05) is 6.92 Å². The number of ether oxygens (including phenoxy) is 1. The van der Waals surface area contributed by atoms with Crippen LogP contribution >= 0.6 is 0 Å². The summed E-state index contributed by atoms with van der Waals surface area (Å²) in [6.45, 7) is 9.05. The van der Waals surface area contributed by atoms with Crippen molar-refractivity contribution in [3.05, 3.63) is 0 Å². The number of esters is 1. The molecule has 0 radical (unpaired) electrons. The average Bonchev–Trinajstić information content (AvgIpc) is 2.59. The van der Waals surface area contributed by atoms with E-state index in [0.29, 0.717) is 0 Å². The second-order valence-electron chi connectivity index (χ2n) is 6.37. The minimum Gasteiger partial charge on any atom is -0.467 e. The molecule has 20 heavy (non-hydrogen) atoms. The zero-order valence-electron chi connectivity index (χ0n) is 13.0. The first-order valence-corrected chi connectivity index (χ1v) is 6.79. The molecule has 0 aromatic rings. The largest absolute Gasteiger partial charge is 0.467 e. The summed E-state index contributed by atoms with van der Waals surface area (Å²) in [4.78, 5) is 37.5. The number of hydrogen-bond acceptors (Lipinski definition) is 4. The summed E-state index contributed by atoms with van der Waals surface area (Å²) in [7, 11) is 1.27. The average molecular weight is 284 g/mol. The molecule has 114 valence electrons. The van der Waals surface area contributed by atoms with Gasteiger partial charge in [0.25, 0.3) is 0 Å². The van der Waals surface area contributed by atoms with E-state index in [4.69, 9.17) is 0 Å². The molecule has 1 saturated heterocycles. The van der Waals surface area contributed by atoms with Crippen LogP contribution in [0.4, 0.5) is 0 Å². The molecule has 0 saturated carbocycles. The van der Waals surface area contributed by atoms with Crippen molar-refractivity contribution >= 4 is 17.8 Å². The normalized spacial score (nSPS) is 24.5. The quantitative estimate of drug-likeness (QED) is 0.774. The number of nitrogens with one attached hydrogen (secondary N) is 1. The number of hydrogen-bond donors (Lipinski definition) is 1. The van der Waals surface area contributed by atoms with Gasteiger partial charge in [0.05, 0.1) is 7.11 Å². The number of methoxy groups -OCH3 is 1. The molecule has 1 fully saturated rings. The van der Waals surface area contributed by atoms with Gasteiger partial charge < -0.3 is 15.0 Å². The lowest BCUT2D eigenvalue weighted by Gasteiger charge is -2.32. The van der Waals surface area contributed by atoms with Gasteiger partial charge in [0.1, 0.15) is 12.1 Å². The standard InChI is InChI=1S/C14H24N2O4/c1-8-7-10(17)16(9(2)13(19)20-6)11(8)12(18)15-14(3,4)5/h8-9,11H,7H2,1-6H3,(H,15,18)/t8-,9+,11-/m1/s1. The molecule has 1 aliphatic heterocycles. The smallest absolute Gasteiger partial charge is 0.328 e. The zero-order valence-corrected chi connectivity index (χ0v) is 13.0. The Morgan fingerprint density at radius 1 is 1.40 bits per heavy atom. The van der Waals surface area contributed by atoms with Gasteiger partial charge in [-0.15, -0.1) is 0 Å². The fourth-order valence-electron chi connectivity index (χ4n) is 2.49. The minimum atomic E-state index is -0.756. The Kier molecular flexibility index (Phi) is 4.78. The van der Waals surface area contributed by atoms with Gasteiger partial charge in [-0.25, -0.2) is 4.79 Å². The van der Waals surface area contributed by atoms with Crippen LogP contribution in [0.2, 0.25) is 0 Å². The van der Waals surface area contributed by atoms with E-state index in [1.807, 2.05) is 27.7 Å². The van der Waals surface area contributed by atoms with Crippen LogP contribution in [-0.4, -0.2) is 47.4 Å². The lowest BCUT2D eigenvalue weighted by Crippen LogP contribution is -2.55. The Morgan fingerprint density at radius 2 is 1.95 bits per heavy atom. The summed E-state index contributed by atoms with van der Waals surface area (Å²) < 4.78 is 4.67. The molecule has 6 heteroatoms. The maximum Gasteiger partial charge on any atom is 0.328 e. The zero-order chi connectivity index (χ0) is 15.7. The highest BCUT2D eigenvalue weighted by Gasteiger charge is 2.46. The molecule has 3 atom stereocenters. The highest BCUT2D eigenvalue weighted by Crippen LogP contribution is 2.28. The molecule has 6 nitrogen and oxygen atoms in total. The van der Waals surface area contributed by atoms with Crippen molar-refractivity contribution in [3.63, 3.8) is 0 Å². The molecule has 2 amide bonds. The fourth-order valence-corrected chi connectivity index (χ4v) is 2.49. The van der Waals surface area contributed by atoms with Gasteiger partial charge >= 0.3 is 5.97 Å². The van der Waals surface area contributed by atoms with E-state index >= 15 is 0 Å². The van der Waals surface area contributed by atoms with Gasteiger partial charge in [0, 0.05) is 12.0 Å². The molecule has 1 heterocycles. The molecular weight excluding hydrogens is 260 g/mol. The first-order valence-electron chi connectivity index (χ1n) is 6.79. The Hall–Kier alpha value is -1.59. The second-order valence-corrected chi connectivity index (χ2v) is 6.37. The SMILES string of the molecule is COC(=O)[C@H](C)N1C(=O)C[C@@H](C)[C@@H]1C(=O)NC(C)(C)C. The van der Waals surface area contributed by atoms with E-state index in [1.165, 1.54) is 12.0 Å². The van der Waals surface area contributed by atoms with Crippen LogP contribution in [0, 0.1) is 5.92 Å². The van der Waals surface area contributed by atoms with E-state index in [9.17, 15) is 14.4 Å². The predicted octanol–water partition coefficient (Wildman–Crippen LogP) is 0.700. The minimum absolute atomic E-state index is 0.128. The van der Waals surface area contributed by atoms with Crippen molar-refractivity contribution in [1.29, 1.82) is 0 Å². The molecule has 0 aliphatic carbocycles. The topological polar surface area (TPSA) is 75.7 Å². The fraction of sp³-hybridized carbons (Fsp3) is 0.786. The van der Waals surface area contributed by atoms with Crippen LogP contribution < -0.4 is 5.32 Å². The third-order valence-corrected chi connectivity index (χ3v) is 3.35. The second kappa shape index (κ2) is 5.81. The maximum absolute atomic E-state index is 12.4. The Bertz CT molecular complexity index is 414. The van der Waals surface area contributed by atoms with Crippen molar-refractivity contribution in [2.75, 3.05) is 7.11 Å². The lowest BCUT2D eigenvalue weighted by atomic mass is 9.99. The summed E-state index contributed by atoms with van der Waals surface area (Å²) in [5, 5.41) is 2.87. The highest BCUT2D eigenvalue weighted by molar-refractivity contribution is 5.94. The van der Waals surface area contributed by atoms with E-state index in [0.717, 1.165) is 0 Å². The lowest BCUT2D eigenvalue weighted by molar-refractivity contribution is -0.153. The molecule has 0 unspecified atom stereocenters. The van der Waals surface area contributed by atoms with E-state index < -0.39 is 18.1 Å². The Morgan fingerprint density at radius 3 is 2.40 bits per heavy atom. The molecule has 0 aromatic heterocycles. The van der Waals surface area contributed by atoms with Gasteiger partial charge in [0.15, 0.2) is 0 Å². The van der Waals surface area contributed by atoms with Crippen LogP contribution in [0.15, 0.2) is 0 Å². The summed E-state index contributed by atoms with van der Waals surface area (Å²) in [5.41, 5.74) is -0.386. The number of carbonyl (C=O) groups is 3. The third kappa shape index (κ3) is 3.49. The first kappa shape index (κ1) is 16.5. The monoisotopic (exact) mass is 284 g/mol. The first-order chi connectivity index (χ1) is 9.08. The third-order valence-electron chi connectivity index (χ3n) is 3.35. The van der Waals surface area contributed by atoms with Crippen molar-refractivity contribution in [3.8, 4) is 0 Å². The summed E-state index contributed by atoms with van der Waals surface area (Å²) in [6, 6.07) is -1.39. The number of rotatable bonds is 3. The van der Waals surface area contributed by atoms with Gasteiger partial charge in [-0.2, -0.15) is 0 Å². The molecule has 0 bridgehead atoms. The van der Waals surface area contributed by atoms with Gasteiger partial charge in [-0.05, 0) is 33.6 Å². The molecule has 1 N–H and O–H groups in total. The molecule has 0 aromatic carbocycles. The van der Waals surface area contributed by atoms with Crippen molar-refractivity contribution < 1.29 is 19.1 Å². The van der Waals surface area contributed by atoms with Crippen LogP contribution in [0.3, 0.4) is 0 Å². The van der Waals surface area contributed by atoms with Gasteiger partial charge in [-0.3, -0.25) is 9.59 Å². The van der Waals surface area contributed by atoms with Crippen LogP contribution in [0.1, 0.15) is 41.0 Å². The number of carbonyl (C=O) groups excluding carboxylic acids is 3. The number of likely N-dealkylation sites (tertiary alicyclic amines) is 1. The number of amides is 2. The Labute approximate surface area is 119 Å². The molecule has 1 rings (SSSR count). The summed E-state index contributed by atoms with van der Waals surface area (Å²) in [5.74, 6) is -1.06. The van der Waals surface area contributed by atoms with Crippen LogP contribution in [0.5, 0.6) is 0 Å². The van der Waals surface area contributed by atoms with Gasteiger partial charge in [0.2, 0.25) is 11.8 Å². The molecule has 0 spiro atoms. The van der Waals surface area contributed by atoms with Crippen molar-refractivity contribution in [2.45, 2.75) is 58.7 Å². The number of nitrogens with zero attached hydrogens (tertiary/aromatic N) is 1. The van der Waals surface area contributed by atoms with E-state index in [2.05, 4.69) is 10.1 Å². The Balaban J connectivity index is 2.98. The van der Waals surface area contributed by atoms with Crippen molar-refractivity contribution in [2.24, 2.45) is 5.92 Å². The van der Waals surface area contributed by atoms with E-state index in [1.54, 1.807) is 6.92 Å². The van der Waals surface area contributed by atoms with E-state index in [-0.39, 0.29) is 29.7 Å². The summed E-state index contributed by atoms with van der Waals surface area (Å²) in [6.07, 6.45) is 0.267. The van der Waals surface area contributed by atoms with Crippen molar-refractivity contribution in [1.82, 2.24) is 10.2 Å². The summed E-state index contributed by atoms with van der Waals surface area (Å²) >= 11 is 0. The highest BCUT2D eigenvalue weighted by atomic mass is 16.5. The maximum atomic E-state index is 12.4. The predicted molar refractivity (Wildman–Crippen MR) is 73.8 cm³/mol. The van der Waals surface area contributed by atoms with Crippen LogP contribution in [-0.2, 0) is 19.1 Å². The molecule has 1 aliphatic rings. The van der Waals surface area contributed by atoms with Crippen LogP contribution in [0.25, 0.3) is 0 Å². The molecular formula is C14H24N2O4.